The molecule has 0 aromatic carbocycles. The Labute approximate surface area is 188 Å². The van der Waals surface area contributed by atoms with E-state index in [0.717, 1.165) is 24.9 Å². The molecule has 172 valence electrons. The molecule has 1 unspecified atom stereocenters. The molecule has 2 aromatic heterocycles. The van der Waals surface area contributed by atoms with Crippen LogP contribution in [0.3, 0.4) is 0 Å². The number of amides is 2. The van der Waals surface area contributed by atoms with Gasteiger partial charge in [-0.2, -0.15) is 4.98 Å². The van der Waals surface area contributed by atoms with Crippen molar-refractivity contribution in [1.82, 2.24) is 24.9 Å². The maximum atomic E-state index is 13.4. The molecule has 0 bridgehead atoms. The number of carbonyl (C=O) groups excluding carboxylic acids is 2. The van der Waals surface area contributed by atoms with Gasteiger partial charge in [-0.15, -0.1) is 0 Å². The van der Waals surface area contributed by atoms with Gasteiger partial charge in [0.1, 0.15) is 0 Å². The Morgan fingerprint density at radius 1 is 1.19 bits per heavy atom. The van der Waals surface area contributed by atoms with Gasteiger partial charge in [0.05, 0.1) is 5.41 Å². The fourth-order valence-corrected chi connectivity index (χ4v) is 4.87. The molecular weight excluding hydrogens is 410 g/mol. The molecule has 2 aliphatic rings. The lowest BCUT2D eigenvalue weighted by Gasteiger charge is -2.43. The molecule has 0 radical (unpaired) electrons. The first kappa shape index (κ1) is 22.4. The van der Waals surface area contributed by atoms with E-state index in [1.807, 2.05) is 21.9 Å². The number of hydrogen-bond donors (Lipinski definition) is 0. The molecule has 4 rings (SSSR count). The molecule has 2 aliphatic heterocycles. The van der Waals surface area contributed by atoms with Gasteiger partial charge >= 0.3 is 0 Å². The molecule has 0 N–H and O–H groups in total. The van der Waals surface area contributed by atoms with Crippen LogP contribution in [0.1, 0.15) is 44.9 Å². The SMILES string of the molecule is COCCC1(c2noc(-c3ccncc3)n2)CCCN(C(=O)C2CCN(C(C)=O)CC2)C1. The molecule has 2 saturated heterocycles. The number of ether oxygens (including phenoxy) is 1. The standard InChI is InChI=1S/C23H31N5O4/c1-17(29)27-13-6-19(7-14-27)21(30)28-12-3-8-23(16-28,9-15-31-2)22-25-20(32-26-22)18-4-10-24-11-5-18/h4-5,10-11,19H,3,6-9,12-16H2,1-2H3. The van der Waals surface area contributed by atoms with E-state index < -0.39 is 5.41 Å². The van der Waals surface area contributed by atoms with Crippen LogP contribution in [0.5, 0.6) is 0 Å². The molecule has 0 spiro atoms. The highest BCUT2D eigenvalue weighted by Gasteiger charge is 2.43. The number of piperidine rings is 2. The van der Waals surface area contributed by atoms with Crippen LogP contribution in [0.15, 0.2) is 29.0 Å². The smallest absolute Gasteiger partial charge is 0.258 e. The molecule has 2 aromatic rings. The summed E-state index contributed by atoms with van der Waals surface area (Å²) in [6, 6.07) is 3.67. The average molecular weight is 442 g/mol. The van der Waals surface area contributed by atoms with Gasteiger partial charge < -0.3 is 19.1 Å². The Bertz CT molecular complexity index is 925. The Balaban J connectivity index is 1.52. The Kier molecular flexibility index (Phi) is 6.83. The summed E-state index contributed by atoms with van der Waals surface area (Å²) in [5.41, 5.74) is 0.417. The zero-order valence-corrected chi connectivity index (χ0v) is 18.8. The second-order valence-electron chi connectivity index (χ2n) is 8.83. The second kappa shape index (κ2) is 9.77. The largest absolute Gasteiger partial charge is 0.385 e. The second-order valence-corrected chi connectivity index (χ2v) is 8.83. The number of carbonyl (C=O) groups is 2. The predicted molar refractivity (Wildman–Crippen MR) is 116 cm³/mol. The van der Waals surface area contributed by atoms with Crippen LogP contribution in [0.4, 0.5) is 0 Å². The van der Waals surface area contributed by atoms with Gasteiger partial charge in [0.15, 0.2) is 5.82 Å². The average Bonchev–Trinajstić information content (AvgIpc) is 3.34. The predicted octanol–water partition coefficient (Wildman–Crippen LogP) is 2.29. The molecule has 9 nitrogen and oxygen atoms in total. The highest BCUT2D eigenvalue weighted by Crippen LogP contribution is 2.37. The monoisotopic (exact) mass is 441 g/mol. The minimum Gasteiger partial charge on any atom is -0.385 e. The van der Waals surface area contributed by atoms with Crippen molar-refractivity contribution in [2.45, 2.75) is 44.4 Å². The lowest BCUT2D eigenvalue weighted by atomic mass is 9.76. The van der Waals surface area contributed by atoms with Crippen molar-refractivity contribution in [2.24, 2.45) is 5.92 Å². The maximum absolute atomic E-state index is 13.4. The number of pyridine rings is 1. The highest BCUT2D eigenvalue weighted by atomic mass is 16.5. The third-order valence-corrected chi connectivity index (χ3v) is 6.79. The number of rotatable bonds is 6. The van der Waals surface area contributed by atoms with E-state index in [1.54, 1.807) is 26.4 Å². The van der Waals surface area contributed by atoms with Crippen molar-refractivity contribution in [3.05, 3.63) is 30.4 Å². The fraction of sp³-hybridized carbons (Fsp3) is 0.609. The first-order chi connectivity index (χ1) is 15.5. The Morgan fingerprint density at radius 3 is 2.62 bits per heavy atom. The summed E-state index contributed by atoms with van der Waals surface area (Å²) in [6.07, 6.45) is 7.28. The van der Waals surface area contributed by atoms with E-state index in [9.17, 15) is 9.59 Å². The molecule has 32 heavy (non-hydrogen) atoms. The molecule has 9 heteroatoms. The first-order valence-electron chi connectivity index (χ1n) is 11.3. The van der Waals surface area contributed by atoms with E-state index in [2.05, 4.69) is 10.1 Å². The van der Waals surface area contributed by atoms with Crippen molar-refractivity contribution in [3.8, 4) is 11.5 Å². The van der Waals surface area contributed by atoms with E-state index in [-0.39, 0.29) is 17.7 Å². The lowest BCUT2D eigenvalue weighted by Crippen LogP contribution is -2.52. The topological polar surface area (TPSA) is 102 Å². The Morgan fingerprint density at radius 2 is 1.94 bits per heavy atom. The van der Waals surface area contributed by atoms with Crippen LogP contribution in [0.25, 0.3) is 11.5 Å². The normalized spacial score (nSPS) is 22.2. The number of nitrogens with zero attached hydrogens (tertiary/aromatic N) is 5. The van der Waals surface area contributed by atoms with E-state index in [1.165, 1.54) is 0 Å². The van der Waals surface area contributed by atoms with Crippen LogP contribution in [-0.4, -0.2) is 76.6 Å². The van der Waals surface area contributed by atoms with E-state index in [4.69, 9.17) is 14.2 Å². The number of hydrogen-bond acceptors (Lipinski definition) is 7. The van der Waals surface area contributed by atoms with Crippen LogP contribution in [0.2, 0.25) is 0 Å². The summed E-state index contributed by atoms with van der Waals surface area (Å²) in [5, 5.41) is 4.33. The first-order valence-corrected chi connectivity index (χ1v) is 11.3. The molecule has 2 amide bonds. The van der Waals surface area contributed by atoms with Crippen molar-refractivity contribution in [3.63, 3.8) is 0 Å². The van der Waals surface area contributed by atoms with Crippen molar-refractivity contribution >= 4 is 11.8 Å². The molecule has 2 fully saturated rings. The zero-order valence-electron chi connectivity index (χ0n) is 18.8. The lowest BCUT2D eigenvalue weighted by molar-refractivity contribution is -0.142. The van der Waals surface area contributed by atoms with Crippen molar-refractivity contribution < 1.29 is 18.8 Å². The van der Waals surface area contributed by atoms with Gasteiger partial charge in [0, 0.05) is 70.7 Å². The zero-order chi connectivity index (χ0) is 22.6. The molecule has 0 saturated carbocycles. The molecule has 1 atom stereocenters. The third-order valence-electron chi connectivity index (χ3n) is 6.79. The summed E-state index contributed by atoms with van der Waals surface area (Å²) in [6.45, 7) is 4.72. The van der Waals surface area contributed by atoms with Crippen LogP contribution in [-0.2, 0) is 19.7 Å². The van der Waals surface area contributed by atoms with E-state index >= 15 is 0 Å². The van der Waals surface area contributed by atoms with Crippen LogP contribution >= 0.6 is 0 Å². The van der Waals surface area contributed by atoms with Gasteiger partial charge in [0.25, 0.3) is 5.89 Å². The van der Waals surface area contributed by atoms with Crippen molar-refractivity contribution in [1.29, 1.82) is 0 Å². The summed E-state index contributed by atoms with van der Waals surface area (Å²) >= 11 is 0. The minimum atomic E-state index is -0.404. The summed E-state index contributed by atoms with van der Waals surface area (Å²) in [5.74, 6) is 1.30. The minimum absolute atomic E-state index is 0.0403. The number of likely N-dealkylation sites (tertiary alicyclic amines) is 2. The van der Waals surface area contributed by atoms with Gasteiger partial charge in [-0.1, -0.05) is 5.16 Å². The number of methoxy groups -OCH3 is 1. The number of aromatic nitrogens is 3. The van der Waals surface area contributed by atoms with Gasteiger partial charge in [-0.05, 0) is 44.2 Å². The maximum Gasteiger partial charge on any atom is 0.258 e. The summed E-state index contributed by atoms with van der Waals surface area (Å²) in [7, 11) is 1.68. The van der Waals surface area contributed by atoms with Crippen LogP contribution < -0.4 is 0 Å². The summed E-state index contributed by atoms with van der Waals surface area (Å²) < 4.78 is 11.0. The molecular formula is C23H31N5O4. The summed E-state index contributed by atoms with van der Waals surface area (Å²) in [4.78, 5) is 37.5. The van der Waals surface area contributed by atoms with Crippen molar-refractivity contribution in [2.75, 3.05) is 39.9 Å². The van der Waals surface area contributed by atoms with Gasteiger partial charge in [-0.25, -0.2) is 0 Å². The Hall–Kier alpha value is -2.81. The van der Waals surface area contributed by atoms with Gasteiger partial charge in [0.2, 0.25) is 11.8 Å². The van der Waals surface area contributed by atoms with E-state index in [0.29, 0.717) is 57.2 Å². The van der Waals surface area contributed by atoms with Gasteiger partial charge in [-0.3, -0.25) is 14.6 Å². The fourth-order valence-electron chi connectivity index (χ4n) is 4.87. The third kappa shape index (κ3) is 4.67. The van der Waals surface area contributed by atoms with Crippen LogP contribution in [0, 0.1) is 5.92 Å². The molecule has 4 heterocycles. The highest BCUT2D eigenvalue weighted by molar-refractivity contribution is 5.80. The molecule has 0 aliphatic carbocycles. The quantitative estimate of drug-likeness (QED) is 0.678.